The molecule has 5 heteroatoms. The van der Waals surface area contributed by atoms with E-state index in [1.54, 1.807) is 41.3 Å². The standard InChI is InChI=1S/C19H18BrNO3/c1-12(2)21-16-10-6-4-8-14(16)19(24,18(21)23)11-17(22)13-7-3-5-9-15(13)20/h3-10,12,24H,11H2,1-2H3/t19-/m1/s1. The molecule has 0 aliphatic carbocycles. The van der Waals surface area contributed by atoms with Crippen LogP contribution in [0.2, 0.25) is 0 Å². The number of carbonyl (C=O) groups excluding carboxylic acids is 2. The summed E-state index contributed by atoms with van der Waals surface area (Å²) in [6.45, 7) is 3.77. The molecule has 24 heavy (non-hydrogen) atoms. The topological polar surface area (TPSA) is 57.6 Å². The zero-order chi connectivity index (χ0) is 17.5. The van der Waals surface area contributed by atoms with Gasteiger partial charge in [0, 0.05) is 21.6 Å². The van der Waals surface area contributed by atoms with Crippen LogP contribution in [0.1, 0.15) is 36.2 Å². The maximum atomic E-state index is 12.9. The molecular weight excluding hydrogens is 370 g/mol. The summed E-state index contributed by atoms with van der Waals surface area (Å²) in [6, 6.07) is 14.0. The van der Waals surface area contributed by atoms with Crippen LogP contribution in [0.5, 0.6) is 0 Å². The lowest BCUT2D eigenvalue weighted by atomic mass is 9.88. The van der Waals surface area contributed by atoms with Crippen molar-refractivity contribution in [3.8, 4) is 0 Å². The lowest BCUT2D eigenvalue weighted by molar-refractivity contribution is -0.136. The minimum absolute atomic E-state index is 0.105. The Balaban J connectivity index is 2.02. The van der Waals surface area contributed by atoms with Crippen LogP contribution in [-0.2, 0) is 10.4 Å². The highest BCUT2D eigenvalue weighted by Crippen LogP contribution is 2.43. The van der Waals surface area contributed by atoms with E-state index in [4.69, 9.17) is 0 Å². The number of amides is 1. The third-order valence-electron chi connectivity index (χ3n) is 4.29. The zero-order valence-electron chi connectivity index (χ0n) is 13.5. The van der Waals surface area contributed by atoms with Gasteiger partial charge in [0.25, 0.3) is 5.91 Å². The van der Waals surface area contributed by atoms with Gasteiger partial charge in [-0.05, 0) is 26.0 Å². The highest BCUT2D eigenvalue weighted by atomic mass is 79.9. The van der Waals surface area contributed by atoms with E-state index < -0.39 is 11.5 Å². The van der Waals surface area contributed by atoms with Gasteiger partial charge in [0.2, 0.25) is 0 Å². The van der Waals surface area contributed by atoms with Crippen molar-refractivity contribution in [1.29, 1.82) is 0 Å². The Morgan fingerprint density at radius 2 is 1.79 bits per heavy atom. The number of para-hydroxylation sites is 1. The van der Waals surface area contributed by atoms with E-state index in [0.29, 0.717) is 21.3 Å². The van der Waals surface area contributed by atoms with Crippen LogP contribution in [0, 0.1) is 0 Å². The molecule has 0 radical (unpaired) electrons. The zero-order valence-corrected chi connectivity index (χ0v) is 15.1. The van der Waals surface area contributed by atoms with Crippen molar-refractivity contribution < 1.29 is 14.7 Å². The summed E-state index contributed by atoms with van der Waals surface area (Å²) in [5.74, 6) is -0.724. The van der Waals surface area contributed by atoms with Crippen molar-refractivity contribution in [3.63, 3.8) is 0 Å². The highest BCUT2D eigenvalue weighted by Gasteiger charge is 2.51. The predicted molar refractivity (Wildman–Crippen MR) is 96.1 cm³/mol. The number of carbonyl (C=O) groups is 2. The van der Waals surface area contributed by atoms with Crippen molar-refractivity contribution >= 4 is 33.3 Å². The molecular formula is C19H18BrNO3. The number of anilines is 1. The molecule has 4 nitrogen and oxygen atoms in total. The Labute approximate surface area is 149 Å². The molecule has 2 aromatic carbocycles. The second-order valence-electron chi connectivity index (χ2n) is 6.23. The normalized spacial score (nSPS) is 19.7. The third-order valence-corrected chi connectivity index (χ3v) is 4.98. The number of Topliss-reactive ketones (excluding diaryl/α,β-unsaturated/α-hetero) is 1. The third kappa shape index (κ3) is 2.58. The number of ketones is 1. The van der Waals surface area contributed by atoms with E-state index in [2.05, 4.69) is 15.9 Å². The van der Waals surface area contributed by atoms with Gasteiger partial charge >= 0.3 is 0 Å². The van der Waals surface area contributed by atoms with Gasteiger partial charge in [-0.15, -0.1) is 0 Å². The molecule has 1 heterocycles. The molecule has 1 amide bonds. The van der Waals surface area contributed by atoms with E-state index in [9.17, 15) is 14.7 Å². The molecule has 0 saturated heterocycles. The van der Waals surface area contributed by atoms with E-state index in [0.717, 1.165) is 0 Å². The summed E-state index contributed by atoms with van der Waals surface area (Å²) in [5.41, 5.74) is -0.212. The molecule has 1 N–H and O–H groups in total. The largest absolute Gasteiger partial charge is 0.375 e. The Morgan fingerprint density at radius 1 is 1.17 bits per heavy atom. The smallest absolute Gasteiger partial charge is 0.264 e. The Morgan fingerprint density at radius 3 is 2.46 bits per heavy atom. The number of halogens is 1. The van der Waals surface area contributed by atoms with E-state index in [1.807, 2.05) is 26.0 Å². The van der Waals surface area contributed by atoms with E-state index in [-0.39, 0.29) is 18.2 Å². The van der Waals surface area contributed by atoms with Crippen molar-refractivity contribution in [2.24, 2.45) is 0 Å². The number of rotatable bonds is 4. The summed E-state index contributed by atoms with van der Waals surface area (Å²) in [5, 5.41) is 11.1. The van der Waals surface area contributed by atoms with Gasteiger partial charge in [-0.1, -0.05) is 52.3 Å². The quantitative estimate of drug-likeness (QED) is 0.814. The first kappa shape index (κ1) is 16.9. The van der Waals surface area contributed by atoms with Crippen LogP contribution in [0.3, 0.4) is 0 Å². The number of hydrogen-bond donors (Lipinski definition) is 1. The molecule has 0 saturated carbocycles. The van der Waals surface area contributed by atoms with E-state index in [1.165, 1.54) is 0 Å². The van der Waals surface area contributed by atoms with Crippen LogP contribution in [0.15, 0.2) is 53.0 Å². The van der Waals surface area contributed by atoms with Crippen LogP contribution in [-0.4, -0.2) is 22.8 Å². The van der Waals surface area contributed by atoms with Crippen molar-refractivity contribution in [1.82, 2.24) is 0 Å². The molecule has 1 atom stereocenters. The van der Waals surface area contributed by atoms with Gasteiger partial charge in [0.05, 0.1) is 12.1 Å². The Kier molecular flexibility index (Phi) is 4.32. The van der Waals surface area contributed by atoms with Gasteiger partial charge in [0.1, 0.15) is 0 Å². The molecule has 1 aliphatic heterocycles. The van der Waals surface area contributed by atoms with Gasteiger partial charge in [-0.25, -0.2) is 0 Å². The summed E-state index contributed by atoms with van der Waals surface area (Å²) in [6.07, 6.45) is -0.283. The molecule has 124 valence electrons. The molecule has 0 fully saturated rings. The summed E-state index contributed by atoms with van der Waals surface area (Å²) >= 11 is 3.35. The average Bonchev–Trinajstić information content (AvgIpc) is 2.76. The number of benzene rings is 2. The Hall–Kier alpha value is -1.98. The molecule has 0 spiro atoms. The fourth-order valence-electron chi connectivity index (χ4n) is 3.16. The van der Waals surface area contributed by atoms with E-state index >= 15 is 0 Å². The maximum absolute atomic E-state index is 12.9. The molecule has 1 aliphatic rings. The first-order valence-electron chi connectivity index (χ1n) is 7.79. The van der Waals surface area contributed by atoms with Crippen LogP contribution in [0.4, 0.5) is 5.69 Å². The summed E-state index contributed by atoms with van der Waals surface area (Å²) in [7, 11) is 0. The predicted octanol–water partition coefficient (Wildman–Crippen LogP) is 3.66. The molecule has 0 bridgehead atoms. The Bertz CT molecular complexity index is 818. The molecule has 0 aromatic heterocycles. The highest BCUT2D eigenvalue weighted by molar-refractivity contribution is 9.10. The SMILES string of the molecule is CC(C)N1C(=O)[C@@](O)(CC(=O)c2ccccc2Br)c2ccccc21. The average molecular weight is 388 g/mol. The van der Waals surface area contributed by atoms with Crippen molar-refractivity contribution in [2.75, 3.05) is 4.90 Å². The van der Waals surface area contributed by atoms with Crippen molar-refractivity contribution in [2.45, 2.75) is 31.9 Å². The van der Waals surface area contributed by atoms with Gasteiger partial charge < -0.3 is 10.0 Å². The van der Waals surface area contributed by atoms with Crippen LogP contribution >= 0.6 is 15.9 Å². The first-order valence-corrected chi connectivity index (χ1v) is 8.59. The van der Waals surface area contributed by atoms with Crippen LogP contribution in [0.25, 0.3) is 0 Å². The van der Waals surface area contributed by atoms with Gasteiger partial charge in [-0.2, -0.15) is 0 Å². The first-order chi connectivity index (χ1) is 11.4. The second-order valence-corrected chi connectivity index (χ2v) is 7.08. The minimum atomic E-state index is -1.83. The molecule has 3 rings (SSSR count). The van der Waals surface area contributed by atoms with Crippen molar-refractivity contribution in [3.05, 3.63) is 64.1 Å². The fourth-order valence-corrected chi connectivity index (χ4v) is 3.66. The lowest BCUT2D eigenvalue weighted by Gasteiger charge is -2.25. The number of fused-ring (bicyclic) bond motifs is 1. The molecule has 2 aromatic rings. The summed E-state index contributed by atoms with van der Waals surface area (Å²) < 4.78 is 0.651. The van der Waals surface area contributed by atoms with Gasteiger partial charge in [0.15, 0.2) is 11.4 Å². The second kappa shape index (κ2) is 6.15. The van der Waals surface area contributed by atoms with Gasteiger partial charge in [-0.3, -0.25) is 9.59 Å². The molecule has 0 unspecified atom stereocenters. The minimum Gasteiger partial charge on any atom is -0.375 e. The number of nitrogens with zero attached hydrogens (tertiary/aromatic N) is 1. The number of aliphatic hydroxyl groups is 1. The number of hydrogen-bond acceptors (Lipinski definition) is 3. The maximum Gasteiger partial charge on any atom is 0.264 e. The fraction of sp³-hybridized carbons (Fsp3) is 0.263. The summed E-state index contributed by atoms with van der Waals surface area (Å²) in [4.78, 5) is 27.1. The van der Waals surface area contributed by atoms with Crippen LogP contribution < -0.4 is 4.90 Å². The monoisotopic (exact) mass is 387 g/mol. The lowest BCUT2D eigenvalue weighted by Crippen LogP contribution is -2.44.